The number of benzene rings is 2. The van der Waals surface area contributed by atoms with Gasteiger partial charge in [-0.15, -0.1) is 0 Å². The number of aryl methyl sites for hydroxylation is 1. The minimum atomic E-state index is -3.92. The number of rotatable bonds is 6. The van der Waals surface area contributed by atoms with Gasteiger partial charge in [-0.2, -0.15) is 0 Å². The van der Waals surface area contributed by atoms with Crippen LogP contribution in [0, 0.1) is 0 Å². The van der Waals surface area contributed by atoms with E-state index in [4.69, 9.17) is 21.5 Å². The van der Waals surface area contributed by atoms with Gasteiger partial charge in [-0.25, -0.2) is 18.4 Å². The van der Waals surface area contributed by atoms with Crippen molar-refractivity contribution >= 4 is 44.2 Å². The van der Waals surface area contributed by atoms with Gasteiger partial charge in [0.15, 0.2) is 0 Å². The molecular formula is C19H20ClN3O4S. The molecule has 7 nitrogen and oxygen atoms in total. The van der Waals surface area contributed by atoms with E-state index in [0.29, 0.717) is 23.7 Å². The van der Waals surface area contributed by atoms with E-state index in [1.54, 1.807) is 0 Å². The third kappa shape index (κ3) is 4.14. The average molecular weight is 422 g/mol. The Balaban J connectivity index is 1.82. The highest BCUT2D eigenvalue weighted by atomic mass is 35.5. The molecule has 0 aliphatic rings. The van der Waals surface area contributed by atoms with E-state index in [-0.39, 0.29) is 10.5 Å². The van der Waals surface area contributed by atoms with Crippen LogP contribution in [0.25, 0.3) is 10.9 Å². The van der Waals surface area contributed by atoms with Crippen molar-refractivity contribution in [3.8, 4) is 0 Å². The molecule has 0 spiro atoms. The average Bonchev–Trinajstić information content (AvgIpc) is 2.95. The van der Waals surface area contributed by atoms with Gasteiger partial charge in [0, 0.05) is 41.4 Å². The smallest absolute Gasteiger partial charge is 0.340 e. The van der Waals surface area contributed by atoms with Crippen LogP contribution < -0.4 is 10.5 Å². The molecule has 2 aromatic carbocycles. The third-order valence-electron chi connectivity index (χ3n) is 4.47. The number of nitrogens with zero attached hydrogens (tertiary/aromatic N) is 1. The van der Waals surface area contributed by atoms with Gasteiger partial charge in [0.1, 0.15) is 0 Å². The molecule has 0 bridgehead atoms. The summed E-state index contributed by atoms with van der Waals surface area (Å²) in [5.41, 5.74) is 2.75. The second-order valence-corrected chi connectivity index (χ2v) is 8.35. The Hall–Kier alpha value is -2.55. The molecule has 0 saturated carbocycles. The van der Waals surface area contributed by atoms with Gasteiger partial charge in [0.25, 0.3) is 0 Å². The Kier molecular flexibility index (Phi) is 5.64. The van der Waals surface area contributed by atoms with Crippen molar-refractivity contribution in [3.05, 3.63) is 58.7 Å². The Morgan fingerprint density at radius 2 is 2.00 bits per heavy atom. The largest absolute Gasteiger partial charge is 0.465 e. The predicted octanol–water partition coefficient (Wildman–Crippen LogP) is 2.92. The highest BCUT2D eigenvalue weighted by Gasteiger charge is 2.17. The second-order valence-electron chi connectivity index (χ2n) is 6.35. The zero-order chi connectivity index (χ0) is 20.5. The minimum Gasteiger partial charge on any atom is -0.465 e. The molecule has 1 aromatic heterocycles. The van der Waals surface area contributed by atoms with Crippen LogP contribution in [0.3, 0.4) is 0 Å². The molecule has 148 valence electrons. The van der Waals surface area contributed by atoms with Crippen LogP contribution in [0.1, 0.15) is 15.9 Å². The fourth-order valence-corrected chi connectivity index (χ4v) is 3.81. The topological polar surface area (TPSA) is 103 Å². The fourth-order valence-electron chi connectivity index (χ4n) is 3.11. The Morgan fingerprint density at radius 1 is 1.25 bits per heavy atom. The lowest BCUT2D eigenvalue weighted by Crippen LogP contribution is -2.15. The van der Waals surface area contributed by atoms with E-state index in [0.717, 1.165) is 16.5 Å². The number of anilines is 1. The molecule has 9 heteroatoms. The summed E-state index contributed by atoms with van der Waals surface area (Å²) in [6.45, 7) is 0.528. The number of nitrogens with one attached hydrogen (secondary N) is 1. The number of ether oxygens (including phenoxy) is 1. The molecule has 0 radical (unpaired) electrons. The number of halogens is 1. The quantitative estimate of drug-likeness (QED) is 0.595. The van der Waals surface area contributed by atoms with Gasteiger partial charge in [0.2, 0.25) is 10.0 Å². The predicted molar refractivity (Wildman–Crippen MR) is 109 cm³/mol. The van der Waals surface area contributed by atoms with Crippen molar-refractivity contribution in [3.63, 3.8) is 0 Å². The monoisotopic (exact) mass is 421 g/mol. The van der Waals surface area contributed by atoms with E-state index in [1.165, 1.54) is 25.3 Å². The first-order valence-corrected chi connectivity index (χ1v) is 10.4. The number of aromatic nitrogens is 1. The first-order chi connectivity index (χ1) is 13.2. The number of hydrogen-bond donors (Lipinski definition) is 2. The van der Waals surface area contributed by atoms with Crippen LogP contribution in [0.15, 0.2) is 47.5 Å². The minimum absolute atomic E-state index is 0.110. The van der Waals surface area contributed by atoms with Crippen molar-refractivity contribution in [1.82, 2.24) is 4.57 Å². The molecule has 3 aromatic rings. The van der Waals surface area contributed by atoms with E-state index in [2.05, 4.69) is 5.32 Å². The molecule has 0 fully saturated rings. The zero-order valence-corrected chi connectivity index (χ0v) is 17.0. The highest BCUT2D eigenvalue weighted by molar-refractivity contribution is 7.89. The van der Waals surface area contributed by atoms with Crippen LogP contribution >= 0.6 is 11.6 Å². The number of hydrogen-bond acceptors (Lipinski definition) is 5. The number of primary sulfonamides is 1. The number of methoxy groups -OCH3 is 1. The third-order valence-corrected chi connectivity index (χ3v) is 5.62. The number of sulfonamides is 1. The lowest BCUT2D eigenvalue weighted by Gasteiger charge is -2.12. The zero-order valence-electron chi connectivity index (χ0n) is 15.4. The van der Waals surface area contributed by atoms with Crippen molar-refractivity contribution in [2.45, 2.75) is 11.3 Å². The van der Waals surface area contributed by atoms with Crippen LogP contribution in [0.5, 0.6) is 0 Å². The van der Waals surface area contributed by atoms with E-state index < -0.39 is 16.0 Å². The van der Waals surface area contributed by atoms with Gasteiger partial charge in [-0.3, -0.25) is 0 Å². The van der Waals surface area contributed by atoms with Gasteiger partial charge in [0.05, 0.1) is 17.6 Å². The first-order valence-electron chi connectivity index (χ1n) is 8.43. The number of esters is 1. The standard InChI is InChI=1S/C19H20ClN3O4S/c1-23-11-12(15-5-3-13(20)9-18(15)23)7-8-22-17-6-4-14(28(21,25)26)10-16(17)19(24)27-2/h3-6,9-11,22H,7-8H2,1-2H3,(H2,21,25,26). The lowest BCUT2D eigenvalue weighted by atomic mass is 10.1. The van der Waals surface area contributed by atoms with Gasteiger partial charge < -0.3 is 14.6 Å². The van der Waals surface area contributed by atoms with Crippen LogP contribution in [0.2, 0.25) is 5.02 Å². The van der Waals surface area contributed by atoms with E-state index >= 15 is 0 Å². The summed E-state index contributed by atoms with van der Waals surface area (Å²) in [6.07, 6.45) is 2.73. The van der Waals surface area contributed by atoms with Crippen molar-refractivity contribution in [2.24, 2.45) is 12.2 Å². The second kappa shape index (κ2) is 7.83. The van der Waals surface area contributed by atoms with E-state index in [9.17, 15) is 13.2 Å². The Bertz CT molecular complexity index is 1160. The molecule has 0 unspecified atom stereocenters. The Morgan fingerprint density at radius 3 is 2.68 bits per heavy atom. The number of fused-ring (bicyclic) bond motifs is 1. The summed E-state index contributed by atoms with van der Waals surface area (Å²) >= 11 is 6.07. The molecule has 1 heterocycles. The fraction of sp³-hybridized carbons (Fsp3) is 0.211. The van der Waals surface area contributed by atoms with Crippen LogP contribution in [-0.2, 0) is 28.2 Å². The summed E-state index contributed by atoms with van der Waals surface area (Å²) in [6, 6.07) is 9.81. The summed E-state index contributed by atoms with van der Waals surface area (Å²) < 4.78 is 29.9. The van der Waals surface area contributed by atoms with Crippen LogP contribution in [0.4, 0.5) is 5.69 Å². The molecule has 0 amide bonds. The van der Waals surface area contributed by atoms with Crippen molar-refractivity contribution < 1.29 is 17.9 Å². The summed E-state index contributed by atoms with van der Waals surface area (Å²) in [4.78, 5) is 11.9. The normalized spacial score (nSPS) is 11.6. The molecule has 0 aliphatic heterocycles. The number of carbonyl (C=O) groups is 1. The molecule has 3 rings (SSSR count). The lowest BCUT2D eigenvalue weighted by molar-refractivity contribution is 0.0601. The number of nitrogens with two attached hydrogens (primary N) is 1. The van der Waals surface area contributed by atoms with Gasteiger partial charge >= 0.3 is 5.97 Å². The molecule has 0 atom stereocenters. The Labute approximate surface area is 168 Å². The SMILES string of the molecule is COC(=O)c1cc(S(N)(=O)=O)ccc1NCCc1cn(C)c2cc(Cl)ccc12. The maximum absolute atomic E-state index is 12.0. The van der Waals surface area contributed by atoms with Crippen molar-refractivity contribution in [1.29, 1.82) is 0 Å². The highest BCUT2D eigenvalue weighted by Crippen LogP contribution is 2.25. The van der Waals surface area contributed by atoms with Gasteiger partial charge in [-0.05, 0) is 42.3 Å². The summed E-state index contributed by atoms with van der Waals surface area (Å²) in [5.74, 6) is -0.646. The molecular weight excluding hydrogens is 402 g/mol. The summed E-state index contributed by atoms with van der Waals surface area (Å²) in [7, 11) is -0.733. The molecule has 28 heavy (non-hydrogen) atoms. The van der Waals surface area contributed by atoms with E-state index in [1.807, 2.05) is 36.0 Å². The molecule has 0 saturated heterocycles. The molecule has 3 N–H and O–H groups in total. The number of carbonyl (C=O) groups excluding carboxylic acids is 1. The maximum Gasteiger partial charge on any atom is 0.340 e. The van der Waals surface area contributed by atoms with Crippen LogP contribution in [-0.4, -0.2) is 32.6 Å². The summed E-state index contributed by atoms with van der Waals surface area (Å²) in [5, 5.41) is 10.1. The van der Waals surface area contributed by atoms with Crippen molar-refractivity contribution in [2.75, 3.05) is 19.0 Å². The molecule has 0 aliphatic carbocycles. The van der Waals surface area contributed by atoms with Gasteiger partial charge in [-0.1, -0.05) is 17.7 Å². The maximum atomic E-state index is 12.0. The first kappa shape index (κ1) is 20.2.